The first-order chi connectivity index (χ1) is 12.3. The van der Waals surface area contributed by atoms with Crippen LogP contribution >= 0.6 is 11.3 Å². The molecule has 25 heavy (non-hydrogen) atoms. The Morgan fingerprint density at radius 3 is 2.44 bits per heavy atom. The van der Waals surface area contributed by atoms with Crippen LogP contribution in [0, 0.1) is 0 Å². The van der Waals surface area contributed by atoms with Gasteiger partial charge in [0, 0.05) is 20.2 Å². The molecule has 0 fully saturated rings. The summed E-state index contributed by atoms with van der Waals surface area (Å²) in [6.45, 7) is 2.04. The molecular formula is C23H18OS. The predicted octanol–water partition coefficient (Wildman–Crippen LogP) is 6.20. The van der Waals surface area contributed by atoms with Crippen LogP contribution < -0.4 is 5.43 Å². The van der Waals surface area contributed by atoms with Gasteiger partial charge in [0.05, 0.1) is 0 Å². The van der Waals surface area contributed by atoms with Gasteiger partial charge in [-0.05, 0) is 48.2 Å². The molecule has 1 aromatic heterocycles. The maximum absolute atomic E-state index is 12.9. The second-order valence-corrected chi connectivity index (χ2v) is 7.09. The van der Waals surface area contributed by atoms with Crippen LogP contribution in [0.4, 0.5) is 0 Å². The van der Waals surface area contributed by atoms with Crippen molar-refractivity contribution >= 4 is 31.5 Å². The quantitative estimate of drug-likeness (QED) is 0.320. The van der Waals surface area contributed by atoms with Crippen molar-refractivity contribution in [2.45, 2.75) is 13.3 Å². The zero-order valence-electron chi connectivity index (χ0n) is 14.0. The Balaban J connectivity index is 2.05. The molecule has 4 aromatic rings. The number of benzene rings is 3. The first kappa shape index (κ1) is 15.8. The third kappa shape index (κ3) is 2.79. The Kier molecular flexibility index (Phi) is 4.21. The van der Waals surface area contributed by atoms with E-state index in [1.54, 1.807) is 11.3 Å². The maximum atomic E-state index is 12.9. The van der Waals surface area contributed by atoms with Crippen LogP contribution in [0.5, 0.6) is 0 Å². The molecule has 0 saturated heterocycles. The van der Waals surface area contributed by atoms with Crippen LogP contribution in [-0.2, 0) is 6.42 Å². The lowest BCUT2D eigenvalue weighted by molar-refractivity contribution is 1.27. The Hall–Kier alpha value is -2.71. The van der Waals surface area contributed by atoms with Gasteiger partial charge in [0.25, 0.3) is 0 Å². The summed E-state index contributed by atoms with van der Waals surface area (Å²) in [7, 11) is 0. The van der Waals surface area contributed by atoms with Gasteiger partial charge in [0.1, 0.15) is 0 Å². The van der Waals surface area contributed by atoms with Gasteiger partial charge in [-0.25, -0.2) is 0 Å². The van der Waals surface area contributed by atoms with E-state index in [4.69, 9.17) is 0 Å². The van der Waals surface area contributed by atoms with E-state index in [2.05, 4.69) is 42.5 Å². The van der Waals surface area contributed by atoms with Gasteiger partial charge in [-0.15, -0.1) is 11.3 Å². The first-order valence-electron chi connectivity index (χ1n) is 8.43. The van der Waals surface area contributed by atoms with Crippen LogP contribution in [-0.4, -0.2) is 0 Å². The highest BCUT2D eigenvalue weighted by molar-refractivity contribution is 7.25. The smallest absolute Gasteiger partial charge is 0.195 e. The van der Waals surface area contributed by atoms with E-state index in [0.717, 1.165) is 32.2 Å². The normalized spacial score (nSPS) is 11.6. The minimum Gasteiger partial charge on any atom is -0.289 e. The summed E-state index contributed by atoms with van der Waals surface area (Å²) < 4.78 is 2.11. The zero-order valence-corrected chi connectivity index (χ0v) is 14.8. The fraction of sp³-hybridized carbons (Fsp3) is 0.0870. The van der Waals surface area contributed by atoms with Crippen molar-refractivity contribution in [3.05, 3.63) is 94.7 Å². The molecule has 0 bridgehead atoms. The SMILES string of the molecule is CC=CCc1ccccc1-c1cccc2c(=O)c3ccccc3sc12. The molecule has 0 aliphatic carbocycles. The molecule has 0 spiro atoms. The summed E-state index contributed by atoms with van der Waals surface area (Å²) in [6, 6.07) is 22.4. The Morgan fingerprint density at radius 1 is 0.840 bits per heavy atom. The van der Waals surface area contributed by atoms with Gasteiger partial charge in [0.15, 0.2) is 5.43 Å². The Labute approximate surface area is 150 Å². The summed E-state index contributed by atoms with van der Waals surface area (Å²) in [4.78, 5) is 12.9. The molecule has 4 rings (SSSR count). The third-order valence-electron chi connectivity index (χ3n) is 4.48. The summed E-state index contributed by atoms with van der Waals surface area (Å²) >= 11 is 1.70. The zero-order chi connectivity index (χ0) is 17.2. The molecule has 0 unspecified atom stereocenters. The van der Waals surface area contributed by atoms with Gasteiger partial charge >= 0.3 is 0 Å². The van der Waals surface area contributed by atoms with Crippen molar-refractivity contribution in [2.75, 3.05) is 0 Å². The van der Waals surface area contributed by atoms with E-state index >= 15 is 0 Å². The standard InChI is InChI=1S/C23H18OS/c1-2-3-9-16-10-4-5-11-17(16)18-13-8-14-20-22(24)19-12-6-7-15-21(19)25-23(18)20/h2-8,10-15H,9H2,1H3. The summed E-state index contributed by atoms with van der Waals surface area (Å²) in [5.74, 6) is 0. The number of rotatable bonds is 3. The molecule has 0 N–H and O–H groups in total. The monoisotopic (exact) mass is 342 g/mol. The lowest BCUT2D eigenvalue weighted by atomic mass is 9.96. The molecule has 0 aliphatic rings. The van der Waals surface area contributed by atoms with E-state index < -0.39 is 0 Å². The minimum atomic E-state index is 0.122. The number of hydrogen-bond donors (Lipinski definition) is 0. The molecule has 0 atom stereocenters. The second kappa shape index (κ2) is 6.66. The average Bonchev–Trinajstić information content (AvgIpc) is 2.66. The lowest BCUT2D eigenvalue weighted by Gasteiger charge is -2.11. The number of hydrogen-bond acceptors (Lipinski definition) is 2. The number of allylic oxidation sites excluding steroid dienone is 2. The van der Waals surface area contributed by atoms with Gasteiger partial charge in [-0.1, -0.05) is 60.7 Å². The summed E-state index contributed by atoms with van der Waals surface area (Å²) in [5.41, 5.74) is 3.75. The van der Waals surface area contributed by atoms with Gasteiger partial charge in [-0.2, -0.15) is 0 Å². The third-order valence-corrected chi connectivity index (χ3v) is 5.70. The van der Waals surface area contributed by atoms with Crippen LogP contribution in [0.3, 0.4) is 0 Å². The fourth-order valence-electron chi connectivity index (χ4n) is 3.24. The van der Waals surface area contributed by atoms with Gasteiger partial charge < -0.3 is 0 Å². The predicted molar refractivity (Wildman–Crippen MR) is 110 cm³/mol. The molecule has 1 heterocycles. The van der Waals surface area contributed by atoms with Crippen LogP contribution in [0.15, 0.2) is 83.7 Å². The molecule has 0 amide bonds. The molecule has 122 valence electrons. The van der Waals surface area contributed by atoms with Crippen molar-refractivity contribution < 1.29 is 0 Å². The number of fused-ring (bicyclic) bond motifs is 2. The maximum Gasteiger partial charge on any atom is 0.195 e. The van der Waals surface area contributed by atoms with Gasteiger partial charge in [0.2, 0.25) is 0 Å². The fourth-order valence-corrected chi connectivity index (χ4v) is 4.44. The summed E-state index contributed by atoms with van der Waals surface area (Å²) in [6.07, 6.45) is 5.14. The van der Waals surface area contributed by atoms with Crippen LogP contribution in [0.25, 0.3) is 31.3 Å². The Bertz CT molecular complexity index is 1150. The van der Waals surface area contributed by atoms with E-state index in [-0.39, 0.29) is 5.43 Å². The highest BCUT2D eigenvalue weighted by atomic mass is 32.1. The molecule has 0 saturated carbocycles. The highest BCUT2D eigenvalue weighted by Crippen LogP contribution is 2.35. The molecule has 0 radical (unpaired) electrons. The van der Waals surface area contributed by atoms with Crippen LogP contribution in [0.2, 0.25) is 0 Å². The summed E-state index contributed by atoms with van der Waals surface area (Å²) in [5, 5.41) is 1.61. The van der Waals surface area contributed by atoms with Crippen molar-refractivity contribution in [1.82, 2.24) is 0 Å². The molecule has 0 aliphatic heterocycles. The van der Waals surface area contributed by atoms with Crippen molar-refractivity contribution in [2.24, 2.45) is 0 Å². The van der Waals surface area contributed by atoms with E-state index in [1.165, 1.54) is 11.1 Å². The molecule has 1 nitrogen and oxygen atoms in total. The van der Waals surface area contributed by atoms with E-state index in [0.29, 0.717) is 0 Å². The van der Waals surface area contributed by atoms with Crippen molar-refractivity contribution in [3.63, 3.8) is 0 Å². The van der Waals surface area contributed by atoms with Crippen LogP contribution in [0.1, 0.15) is 12.5 Å². The minimum absolute atomic E-state index is 0.122. The first-order valence-corrected chi connectivity index (χ1v) is 9.25. The second-order valence-electron chi connectivity index (χ2n) is 6.04. The van der Waals surface area contributed by atoms with E-state index in [1.807, 2.05) is 43.3 Å². The van der Waals surface area contributed by atoms with Gasteiger partial charge in [-0.3, -0.25) is 4.79 Å². The highest BCUT2D eigenvalue weighted by Gasteiger charge is 2.12. The average molecular weight is 342 g/mol. The Morgan fingerprint density at radius 2 is 1.56 bits per heavy atom. The van der Waals surface area contributed by atoms with Crippen molar-refractivity contribution in [3.8, 4) is 11.1 Å². The molecule has 2 heteroatoms. The lowest BCUT2D eigenvalue weighted by Crippen LogP contribution is -2.01. The van der Waals surface area contributed by atoms with E-state index in [9.17, 15) is 4.79 Å². The molecule has 3 aromatic carbocycles. The molecular weight excluding hydrogens is 324 g/mol. The van der Waals surface area contributed by atoms with Crippen molar-refractivity contribution in [1.29, 1.82) is 0 Å². The largest absolute Gasteiger partial charge is 0.289 e. The topological polar surface area (TPSA) is 17.1 Å².